The summed E-state index contributed by atoms with van der Waals surface area (Å²) in [6, 6.07) is 0. The van der Waals surface area contributed by atoms with Gasteiger partial charge in [-0.2, -0.15) is 0 Å². The van der Waals surface area contributed by atoms with E-state index in [1.165, 1.54) is 0 Å². The number of hydrogen-bond donors (Lipinski definition) is 0. The first-order valence-electron chi connectivity index (χ1n) is 3.84. The standard InChI is InChI=1S/C9H9FO/c10-8-5-6-3-1-2-4-7(6)9(8)11/h1-2,4,6,8H,3,5H2. The van der Waals surface area contributed by atoms with E-state index in [-0.39, 0.29) is 11.7 Å². The fourth-order valence-electron chi connectivity index (χ4n) is 1.72. The SMILES string of the molecule is O=C1C2=CC=CCC2CC1F. The fraction of sp³-hybridized carbons (Fsp3) is 0.444. The molecule has 11 heavy (non-hydrogen) atoms. The molecule has 2 aliphatic carbocycles. The van der Waals surface area contributed by atoms with Gasteiger partial charge in [-0.25, -0.2) is 4.39 Å². The molecule has 58 valence electrons. The van der Waals surface area contributed by atoms with Crippen molar-refractivity contribution >= 4 is 5.78 Å². The van der Waals surface area contributed by atoms with Crippen LogP contribution in [0.5, 0.6) is 0 Å². The molecule has 0 aromatic carbocycles. The molecule has 2 aliphatic rings. The summed E-state index contributed by atoms with van der Waals surface area (Å²) in [5.41, 5.74) is 0.694. The Morgan fingerprint density at radius 3 is 3.09 bits per heavy atom. The molecule has 2 rings (SSSR count). The molecule has 0 spiro atoms. The second-order valence-electron chi connectivity index (χ2n) is 3.05. The minimum atomic E-state index is -1.23. The lowest BCUT2D eigenvalue weighted by Gasteiger charge is -2.09. The number of fused-ring (bicyclic) bond motifs is 1. The molecule has 0 saturated heterocycles. The van der Waals surface area contributed by atoms with Crippen LogP contribution >= 0.6 is 0 Å². The predicted octanol–water partition coefficient (Wildman–Crippen LogP) is 1.80. The highest BCUT2D eigenvalue weighted by atomic mass is 19.1. The van der Waals surface area contributed by atoms with E-state index in [9.17, 15) is 9.18 Å². The Labute approximate surface area is 64.6 Å². The van der Waals surface area contributed by atoms with Gasteiger partial charge < -0.3 is 0 Å². The molecule has 0 heterocycles. The van der Waals surface area contributed by atoms with E-state index in [1.807, 2.05) is 12.2 Å². The van der Waals surface area contributed by atoms with E-state index in [0.29, 0.717) is 12.0 Å². The fourth-order valence-corrected chi connectivity index (χ4v) is 1.72. The number of Topliss-reactive ketones (excluding diaryl/α,β-unsaturated/α-hetero) is 1. The van der Waals surface area contributed by atoms with Gasteiger partial charge in [0.25, 0.3) is 0 Å². The Bertz CT molecular complexity index is 252. The summed E-state index contributed by atoms with van der Waals surface area (Å²) in [7, 11) is 0. The van der Waals surface area contributed by atoms with Gasteiger partial charge in [-0.3, -0.25) is 4.79 Å². The van der Waals surface area contributed by atoms with E-state index in [0.717, 1.165) is 6.42 Å². The second kappa shape index (κ2) is 2.29. The monoisotopic (exact) mass is 152 g/mol. The van der Waals surface area contributed by atoms with Crippen molar-refractivity contribution in [3.05, 3.63) is 23.8 Å². The second-order valence-corrected chi connectivity index (χ2v) is 3.05. The first kappa shape index (κ1) is 6.77. The summed E-state index contributed by atoms with van der Waals surface area (Å²) in [5.74, 6) is -0.123. The number of carbonyl (C=O) groups excluding carboxylic acids is 1. The molecule has 0 radical (unpaired) electrons. The Hall–Kier alpha value is -0.920. The highest BCUT2D eigenvalue weighted by Crippen LogP contribution is 2.34. The molecule has 0 N–H and O–H groups in total. The van der Waals surface area contributed by atoms with Crippen molar-refractivity contribution in [2.75, 3.05) is 0 Å². The molecular weight excluding hydrogens is 143 g/mol. The number of halogens is 1. The summed E-state index contributed by atoms with van der Waals surface area (Å²) in [6.07, 6.45) is 5.57. The third-order valence-corrected chi connectivity index (χ3v) is 2.33. The average molecular weight is 152 g/mol. The van der Waals surface area contributed by atoms with Crippen LogP contribution in [0, 0.1) is 5.92 Å². The molecule has 0 aliphatic heterocycles. The highest BCUT2D eigenvalue weighted by Gasteiger charge is 2.37. The zero-order valence-corrected chi connectivity index (χ0v) is 6.09. The maximum Gasteiger partial charge on any atom is 0.193 e. The van der Waals surface area contributed by atoms with E-state index in [2.05, 4.69) is 0 Å². The minimum Gasteiger partial charge on any atom is -0.291 e. The van der Waals surface area contributed by atoms with Gasteiger partial charge in [-0.15, -0.1) is 0 Å². The van der Waals surface area contributed by atoms with Crippen molar-refractivity contribution < 1.29 is 9.18 Å². The molecular formula is C9H9FO. The third kappa shape index (κ3) is 0.934. The summed E-state index contributed by atoms with van der Waals surface area (Å²) in [6.45, 7) is 0. The van der Waals surface area contributed by atoms with Crippen LogP contribution in [0.1, 0.15) is 12.8 Å². The average Bonchev–Trinajstić information content (AvgIpc) is 2.30. The number of carbonyl (C=O) groups is 1. The number of alkyl halides is 1. The molecule has 0 bridgehead atoms. The van der Waals surface area contributed by atoms with Crippen molar-refractivity contribution in [2.45, 2.75) is 19.0 Å². The third-order valence-electron chi connectivity index (χ3n) is 2.33. The van der Waals surface area contributed by atoms with Crippen LogP contribution in [0.25, 0.3) is 0 Å². The van der Waals surface area contributed by atoms with Crippen LogP contribution in [0.2, 0.25) is 0 Å². The van der Waals surface area contributed by atoms with Gasteiger partial charge in [0.2, 0.25) is 0 Å². The van der Waals surface area contributed by atoms with Crippen molar-refractivity contribution in [1.29, 1.82) is 0 Å². The summed E-state index contributed by atoms with van der Waals surface area (Å²) in [5, 5.41) is 0. The van der Waals surface area contributed by atoms with Gasteiger partial charge >= 0.3 is 0 Å². The number of allylic oxidation sites excluding steroid dienone is 4. The smallest absolute Gasteiger partial charge is 0.193 e. The highest BCUT2D eigenvalue weighted by molar-refractivity contribution is 6.02. The summed E-state index contributed by atoms with van der Waals surface area (Å²) < 4.78 is 12.8. The lowest BCUT2D eigenvalue weighted by Crippen LogP contribution is -2.07. The number of rotatable bonds is 0. The molecule has 1 fully saturated rings. The minimum absolute atomic E-state index is 0.169. The molecule has 2 atom stereocenters. The maximum atomic E-state index is 12.8. The molecule has 0 aromatic heterocycles. The number of hydrogen-bond acceptors (Lipinski definition) is 1. The van der Waals surface area contributed by atoms with Gasteiger partial charge in [0, 0.05) is 5.57 Å². The molecule has 0 aromatic rings. The molecule has 2 heteroatoms. The van der Waals surface area contributed by atoms with Crippen molar-refractivity contribution in [3.8, 4) is 0 Å². The van der Waals surface area contributed by atoms with E-state index in [4.69, 9.17) is 0 Å². The van der Waals surface area contributed by atoms with Crippen LogP contribution in [0.4, 0.5) is 4.39 Å². The van der Waals surface area contributed by atoms with E-state index in [1.54, 1.807) is 6.08 Å². The normalized spacial score (nSPS) is 35.4. The van der Waals surface area contributed by atoms with Crippen molar-refractivity contribution in [2.24, 2.45) is 5.92 Å². The van der Waals surface area contributed by atoms with E-state index < -0.39 is 6.17 Å². The van der Waals surface area contributed by atoms with Crippen LogP contribution in [-0.4, -0.2) is 12.0 Å². The van der Waals surface area contributed by atoms with Crippen LogP contribution in [-0.2, 0) is 4.79 Å². The van der Waals surface area contributed by atoms with Gasteiger partial charge in [0.1, 0.15) is 0 Å². The Kier molecular flexibility index (Phi) is 1.41. The van der Waals surface area contributed by atoms with Crippen LogP contribution in [0.3, 0.4) is 0 Å². The van der Waals surface area contributed by atoms with Gasteiger partial charge in [-0.1, -0.05) is 18.2 Å². The molecule has 0 amide bonds. The maximum absolute atomic E-state index is 12.8. The van der Waals surface area contributed by atoms with Gasteiger partial charge in [-0.05, 0) is 18.8 Å². The molecule has 2 unspecified atom stereocenters. The molecule has 1 nitrogen and oxygen atoms in total. The topological polar surface area (TPSA) is 17.1 Å². The first-order valence-corrected chi connectivity index (χ1v) is 3.84. The Balaban J connectivity index is 2.33. The zero-order chi connectivity index (χ0) is 7.84. The Morgan fingerprint density at radius 2 is 2.36 bits per heavy atom. The lowest BCUT2D eigenvalue weighted by molar-refractivity contribution is -0.118. The molecule has 1 saturated carbocycles. The lowest BCUT2D eigenvalue weighted by atomic mass is 9.95. The first-order chi connectivity index (χ1) is 5.29. The summed E-state index contributed by atoms with van der Waals surface area (Å²) in [4.78, 5) is 11.1. The number of ketones is 1. The predicted molar refractivity (Wildman–Crippen MR) is 39.9 cm³/mol. The summed E-state index contributed by atoms with van der Waals surface area (Å²) >= 11 is 0. The quantitative estimate of drug-likeness (QED) is 0.517. The van der Waals surface area contributed by atoms with Gasteiger partial charge in [0.15, 0.2) is 12.0 Å². The Morgan fingerprint density at radius 1 is 1.55 bits per heavy atom. The largest absolute Gasteiger partial charge is 0.291 e. The van der Waals surface area contributed by atoms with E-state index >= 15 is 0 Å². The van der Waals surface area contributed by atoms with Crippen LogP contribution < -0.4 is 0 Å². The zero-order valence-electron chi connectivity index (χ0n) is 6.09. The van der Waals surface area contributed by atoms with Crippen LogP contribution in [0.15, 0.2) is 23.8 Å². The van der Waals surface area contributed by atoms with Gasteiger partial charge in [0.05, 0.1) is 0 Å². The van der Waals surface area contributed by atoms with Crippen molar-refractivity contribution in [1.82, 2.24) is 0 Å². The van der Waals surface area contributed by atoms with Crippen molar-refractivity contribution in [3.63, 3.8) is 0 Å².